The molecule has 0 radical (unpaired) electrons. The van der Waals surface area contributed by atoms with Gasteiger partial charge in [-0.25, -0.2) is 9.97 Å². The van der Waals surface area contributed by atoms with E-state index in [0.29, 0.717) is 23.6 Å². The van der Waals surface area contributed by atoms with E-state index in [9.17, 15) is 4.79 Å². The monoisotopic (exact) mass is 460 g/mol. The number of ether oxygens (including phenoxy) is 1. The molecule has 176 valence electrons. The highest BCUT2D eigenvalue weighted by Gasteiger charge is 2.27. The van der Waals surface area contributed by atoms with Crippen molar-refractivity contribution in [3.8, 4) is 0 Å². The van der Waals surface area contributed by atoms with E-state index in [-0.39, 0.29) is 18.1 Å². The zero-order valence-corrected chi connectivity index (χ0v) is 19.2. The van der Waals surface area contributed by atoms with Crippen LogP contribution in [0.5, 0.6) is 0 Å². The maximum atomic E-state index is 13.1. The van der Waals surface area contributed by atoms with Gasteiger partial charge in [0.25, 0.3) is 5.91 Å². The predicted octanol–water partition coefficient (Wildman–Crippen LogP) is 2.79. The van der Waals surface area contributed by atoms with E-state index < -0.39 is 0 Å². The van der Waals surface area contributed by atoms with Gasteiger partial charge in [-0.2, -0.15) is 9.61 Å². The molecule has 0 saturated heterocycles. The number of carbonyl (C=O) groups excluding carboxylic acids is 1. The average Bonchev–Trinajstić information content (AvgIpc) is 3.51. The quantitative estimate of drug-likeness (QED) is 0.494. The summed E-state index contributed by atoms with van der Waals surface area (Å²) < 4.78 is 7.06. The Hall–Kier alpha value is -3.92. The number of aromatic nitrogens is 4. The molecule has 10 nitrogen and oxygen atoms in total. The van der Waals surface area contributed by atoms with Gasteiger partial charge in [0.15, 0.2) is 5.65 Å². The molecule has 3 N–H and O–H groups in total. The zero-order valence-electron chi connectivity index (χ0n) is 19.2. The minimum atomic E-state index is -0.176. The van der Waals surface area contributed by atoms with E-state index in [1.54, 1.807) is 24.0 Å². The van der Waals surface area contributed by atoms with Gasteiger partial charge in [0.05, 0.1) is 18.8 Å². The summed E-state index contributed by atoms with van der Waals surface area (Å²) in [6.07, 6.45) is 12.2. The number of rotatable bonds is 7. The fourth-order valence-electron chi connectivity index (χ4n) is 4.39. The first-order valence-corrected chi connectivity index (χ1v) is 11.4. The van der Waals surface area contributed by atoms with Crippen molar-refractivity contribution in [1.82, 2.24) is 24.9 Å². The molecular formula is C24H28N8O2. The topological polar surface area (TPSA) is 109 Å². The Morgan fingerprint density at radius 3 is 2.94 bits per heavy atom. The normalized spacial score (nSPS) is 19.8. The number of nitrogens with zero attached hydrogens (tertiary/aromatic N) is 5. The third-order valence-electron chi connectivity index (χ3n) is 6.16. The van der Waals surface area contributed by atoms with E-state index in [1.807, 2.05) is 54.6 Å². The first-order valence-electron chi connectivity index (χ1n) is 11.4. The molecule has 2 aliphatic rings. The van der Waals surface area contributed by atoms with Crippen molar-refractivity contribution in [1.29, 1.82) is 0 Å². The molecule has 5 rings (SSSR count). The Labute approximate surface area is 197 Å². The maximum absolute atomic E-state index is 13.1. The molecule has 1 saturated carbocycles. The van der Waals surface area contributed by atoms with Crippen molar-refractivity contribution in [2.45, 2.75) is 31.4 Å². The molecule has 4 heterocycles. The molecule has 1 aliphatic heterocycles. The van der Waals surface area contributed by atoms with Crippen LogP contribution >= 0.6 is 0 Å². The second-order valence-electron chi connectivity index (χ2n) is 8.39. The SMILES string of the molecule is CNc1cc(NC2=CC=CN(c3ccccn3)C2)nc2c(C(=O)N[C@H]3CC[C@H](OC)C3)cnn12. The number of anilines is 3. The fraction of sp³-hybridized carbons (Fsp3) is 0.333. The molecule has 0 aromatic carbocycles. The van der Waals surface area contributed by atoms with Crippen LogP contribution in [0.15, 0.2) is 60.7 Å². The summed E-state index contributed by atoms with van der Waals surface area (Å²) in [5.74, 6) is 2.03. The third-order valence-corrected chi connectivity index (χ3v) is 6.16. The van der Waals surface area contributed by atoms with E-state index >= 15 is 0 Å². The smallest absolute Gasteiger partial charge is 0.256 e. The van der Waals surface area contributed by atoms with Crippen molar-refractivity contribution < 1.29 is 9.53 Å². The van der Waals surface area contributed by atoms with E-state index in [0.717, 1.165) is 36.6 Å². The number of hydrogen-bond donors (Lipinski definition) is 3. The number of amides is 1. The minimum absolute atomic E-state index is 0.0919. The molecule has 0 spiro atoms. The first kappa shape index (κ1) is 21.9. The van der Waals surface area contributed by atoms with Crippen molar-refractivity contribution >= 4 is 29.0 Å². The highest BCUT2D eigenvalue weighted by molar-refractivity contribution is 6.00. The molecule has 3 aromatic heterocycles. The molecule has 10 heteroatoms. The van der Waals surface area contributed by atoms with Crippen LogP contribution in [0.25, 0.3) is 5.65 Å². The number of nitrogens with one attached hydrogen (secondary N) is 3. The average molecular weight is 461 g/mol. The van der Waals surface area contributed by atoms with Crippen LogP contribution in [0, 0.1) is 0 Å². The molecular weight excluding hydrogens is 432 g/mol. The largest absolute Gasteiger partial charge is 0.381 e. The van der Waals surface area contributed by atoms with Crippen LogP contribution in [-0.2, 0) is 4.74 Å². The number of allylic oxidation sites excluding steroid dienone is 2. The molecule has 3 aromatic rings. The maximum Gasteiger partial charge on any atom is 0.256 e. The lowest BCUT2D eigenvalue weighted by molar-refractivity contribution is 0.0916. The van der Waals surface area contributed by atoms with Crippen molar-refractivity contribution in [2.24, 2.45) is 0 Å². The van der Waals surface area contributed by atoms with Crippen LogP contribution in [0.2, 0.25) is 0 Å². The predicted molar refractivity (Wildman–Crippen MR) is 131 cm³/mol. The van der Waals surface area contributed by atoms with Crippen molar-refractivity contribution in [3.63, 3.8) is 0 Å². The molecule has 1 amide bonds. The van der Waals surface area contributed by atoms with Gasteiger partial charge < -0.3 is 25.6 Å². The highest BCUT2D eigenvalue weighted by Crippen LogP contribution is 2.24. The van der Waals surface area contributed by atoms with Crippen LogP contribution < -0.4 is 20.9 Å². The van der Waals surface area contributed by atoms with Gasteiger partial charge in [-0.3, -0.25) is 4.79 Å². The second-order valence-corrected chi connectivity index (χ2v) is 8.39. The molecule has 1 fully saturated rings. The lowest BCUT2D eigenvalue weighted by Crippen LogP contribution is -2.33. The van der Waals surface area contributed by atoms with Crippen LogP contribution in [0.4, 0.5) is 17.5 Å². The molecule has 0 unspecified atom stereocenters. The lowest BCUT2D eigenvalue weighted by Gasteiger charge is -2.24. The van der Waals surface area contributed by atoms with Gasteiger partial charge in [-0.15, -0.1) is 0 Å². The summed E-state index contributed by atoms with van der Waals surface area (Å²) in [5, 5.41) is 14.0. The Kier molecular flexibility index (Phi) is 6.13. The Morgan fingerprint density at radius 1 is 1.26 bits per heavy atom. The van der Waals surface area contributed by atoms with Crippen LogP contribution in [-0.4, -0.2) is 58.3 Å². The Bertz CT molecular complexity index is 1240. The van der Waals surface area contributed by atoms with Gasteiger partial charge >= 0.3 is 0 Å². The summed E-state index contributed by atoms with van der Waals surface area (Å²) in [4.78, 5) is 24.2. The van der Waals surface area contributed by atoms with Gasteiger partial charge in [0, 0.05) is 44.4 Å². The van der Waals surface area contributed by atoms with Crippen molar-refractivity contribution in [3.05, 3.63) is 66.3 Å². The summed E-state index contributed by atoms with van der Waals surface area (Å²) in [6.45, 7) is 0.615. The zero-order chi connectivity index (χ0) is 23.5. The number of hydrogen-bond acceptors (Lipinski definition) is 8. The summed E-state index contributed by atoms with van der Waals surface area (Å²) in [6, 6.07) is 7.78. The van der Waals surface area contributed by atoms with E-state index in [2.05, 4.69) is 26.0 Å². The van der Waals surface area contributed by atoms with Gasteiger partial charge in [-0.1, -0.05) is 6.07 Å². The van der Waals surface area contributed by atoms with E-state index in [4.69, 9.17) is 9.72 Å². The van der Waals surface area contributed by atoms with Gasteiger partial charge in [0.1, 0.15) is 23.0 Å². The molecule has 1 aliphatic carbocycles. The lowest BCUT2D eigenvalue weighted by atomic mass is 10.2. The number of pyridine rings is 1. The standard InChI is InChI=1S/C24H28N8O2/c1-25-22-13-20(28-17-6-5-11-31(15-17)21-7-3-4-10-26-21)30-23-19(14-27-32(22)23)24(33)29-16-8-9-18(12-16)34-2/h3-7,10-11,13-14,16,18,25H,8-9,12,15H2,1-2H3,(H,28,30)(H,29,33)/t16-,18-/m0/s1. The second kappa shape index (κ2) is 9.52. The molecule has 2 atom stereocenters. The number of methoxy groups -OCH3 is 1. The van der Waals surface area contributed by atoms with E-state index in [1.165, 1.54) is 0 Å². The number of fused-ring (bicyclic) bond motifs is 1. The summed E-state index contributed by atoms with van der Waals surface area (Å²) in [5.41, 5.74) is 1.88. The fourth-order valence-corrected chi connectivity index (χ4v) is 4.39. The minimum Gasteiger partial charge on any atom is -0.381 e. The number of carbonyl (C=O) groups is 1. The molecule has 0 bridgehead atoms. The van der Waals surface area contributed by atoms with Gasteiger partial charge in [-0.05, 0) is 43.5 Å². The summed E-state index contributed by atoms with van der Waals surface area (Å²) >= 11 is 0. The van der Waals surface area contributed by atoms with Crippen molar-refractivity contribution in [2.75, 3.05) is 36.2 Å². The first-order chi connectivity index (χ1) is 16.6. The van der Waals surface area contributed by atoms with Gasteiger partial charge in [0.2, 0.25) is 0 Å². The molecule has 34 heavy (non-hydrogen) atoms. The third kappa shape index (κ3) is 4.44. The highest BCUT2D eigenvalue weighted by atomic mass is 16.5. The van der Waals surface area contributed by atoms with Crippen LogP contribution in [0.1, 0.15) is 29.6 Å². The Balaban J connectivity index is 1.37. The Morgan fingerprint density at radius 2 is 2.18 bits per heavy atom. The van der Waals surface area contributed by atoms with Crippen LogP contribution in [0.3, 0.4) is 0 Å². The summed E-state index contributed by atoms with van der Waals surface area (Å²) in [7, 11) is 3.53.